The van der Waals surface area contributed by atoms with Gasteiger partial charge in [0, 0.05) is 12.1 Å². The molecule has 0 radical (unpaired) electrons. The molecular formula is C11H10ClN3O2. The van der Waals surface area contributed by atoms with Gasteiger partial charge in [0.05, 0.1) is 5.69 Å². The lowest BCUT2D eigenvalue weighted by atomic mass is 10.3. The Bertz CT molecular complexity index is 525. The number of rotatable bonds is 2. The number of hydrogen-bond donors (Lipinski definition) is 0. The highest BCUT2D eigenvalue weighted by molar-refractivity contribution is 6.66. The summed E-state index contributed by atoms with van der Waals surface area (Å²) in [4.78, 5) is 15.8. The van der Waals surface area contributed by atoms with Gasteiger partial charge in [0.25, 0.3) is 0 Å². The molecule has 0 fully saturated rings. The minimum absolute atomic E-state index is 0.201. The molecule has 6 heteroatoms. The van der Waals surface area contributed by atoms with E-state index < -0.39 is 5.97 Å². The summed E-state index contributed by atoms with van der Waals surface area (Å²) in [5, 5.41) is 9.84. The number of anilines is 1. The number of oxime groups is 1. The highest BCUT2D eigenvalue weighted by atomic mass is 35.5. The lowest BCUT2D eigenvalue weighted by Gasteiger charge is -2.13. The van der Waals surface area contributed by atoms with Crippen LogP contribution in [-0.4, -0.2) is 24.4 Å². The van der Waals surface area contributed by atoms with Crippen LogP contribution in [0.5, 0.6) is 0 Å². The van der Waals surface area contributed by atoms with Gasteiger partial charge in [-0.1, -0.05) is 22.8 Å². The Kier molecular flexibility index (Phi) is 3.10. The first-order valence-electron chi connectivity index (χ1n) is 4.92. The second-order valence-corrected chi connectivity index (χ2v) is 3.94. The molecule has 17 heavy (non-hydrogen) atoms. The second kappa shape index (κ2) is 4.55. The van der Waals surface area contributed by atoms with Gasteiger partial charge < -0.3 is 4.84 Å². The van der Waals surface area contributed by atoms with Crippen LogP contribution in [0.3, 0.4) is 0 Å². The molecule has 1 aliphatic rings. The summed E-state index contributed by atoms with van der Waals surface area (Å²) in [6, 6.07) is 7.16. The van der Waals surface area contributed by atoms with E-state index in [2.05, 4.69) is 15.1 Å². The Hall–Kier alpha value is -1.88. The Morgan fingerprint density at radius 3 is 2.82 bits per heavy atom. The number of nitrogens with zero attached hydrogens (tertiary/aromatic N) is 3. The molecule has 5 nitrogen and oxygen atoms in total. The van der Waals surface area contributed by atoms with Crippen molar-refractivity contribution >= 4 is 34.7 Å². The van der Waals surface area contributed by atoms with Crippen molar-refractivity contribution in [2.45, 2.75) is 6.92 Å². The maximum atomic E-state index is 11.3. The van der Waals surface area contributed by atoms with E-state index >= 15 is 0 Å². The molecule has 0 aliphatic carbocycles. The van der Waals surface area contributed by atoms with E-state index in [0.29, 0.717) is 10.7 Å². The smallest absolute Gasteiger partial charge is 0.311 e. The van der Waals surface area contributed by atoms with Gasteiger partial charge in [0.15, 0.2) is 5.71 Å². The summed E-state index contributed by atoms with van der Waals surface area (Å²) in [6.07, 6.45) is 0. The predicted molar refractivity (Wildman–Crippen MR) is 66.5 cm³/mol. The van der Waals surface area contributed by atoms with Gasteiger partial charge in [-0.15, -0.1) is 0 Å². The van der Waals surface area contributed by atoms with E-state index in [-0.39, 0.29) is 5.71 Å². The van der Waals surface area contributed by atoms with Crippen LogP contribution in [0.1, 0.15) is 6.92 Å². The fraction of sp³-hybridized carbons (Fsp3) is 0.182. The Labute approximate surface area is 103 Å². The molecule has 1 aromatic carbocycles. The number of benzene rings is 1. The molecule has 0 amide bonds. The summed E-state index contributed by atoms with van der Waals surface area (Å²) in [7, 11) is 1.72. The predicted octanol–water partition coefficient (Wildman–Crippen LogP) is 2.06. The van der Waals surface area contributed by atoms with Gasteiger partial charge in [0.2, 0.25) is 0 Å². The Morgan fingerprint density at radius 1 is 1.47 bits per heavy atom. The summed E-state index contributed by atoms with van der Waals surface area (Å²) in [6.45, 7) is 1.66. The SMILES string of the molecule is CC1=NOC(=O)/C1=N/N(C)c1cccc(Cl)c1. The zero-order chi connectivity index (χ0) is 12.4. The monoisotopic (exact) mass is 251 g/mol. The third kappa shape index (κ3) is 2.45. The van der Waals surface area contributed by atoms with E-state index in [1.807, 2.05) is 12.1 Å². The van der Waals surface area contributed by atoms with Crippen LogP contribution < -0.4 is 5.01 Å². The van der Waals surface area contributed by atoms with Gasteiger partial charge in [-0.2, -0.15) is 5.10 Å². The van der Waals surface area contributed by atoms with Gasteiger partial charge in [0.1, 0.15) is 5.71 Å². The average molecular weight is 252 g/mol. The molecule has 0 saturated carbocycles. The third-order valence-corrected chi connectivity index (χ3v) is 2.47. The van der Waals surface area contributed by atoms with Crippen LogP contribution in [0.4, 0.5) is 5.69 Å². The van der Waals surface area contributed by atoms with Crippen LogP contribution in [0.15, 0.2) is 34.5 Å². The quantitative estimate of drug-likeness (QED) is 0.597. The molecule has 0 atom stereocenters. The van der Waals surface area contributed by atoms with Crippen molar-refractivity contribution in [1.82, 2.24) is 0 Å². The molecular weight excluding hydrogens is 242 g/mol. The van der Waals surface area contributed by atoms with Crippen molar-refractivity contribution in [1.29, 1.82) is 0 Å². The highest BCUT2D eigenvalue weighted by Crippen LogP contribution is 2.18. The van der Waals surface area contributed by atoms with Crippen LogP contribution in [-0.2, 0) is 9.63 Å². The third-order valence-electron chi connectivity index (χ3n) is 2.23. The second-order valence-electron chi connectivity index (χ2n) is 3.51. The lowest BCUT2D eigenvalue weighted by Crippen LogP contribution is -2.21. The zero-order valence-corrected chi connectivity index (χ0v) is 10.1. The fourth-order valence-corrected chi connectivity index (χ4v) is 1.53. The molecule has 1 heterocycles. The number of hydrazone groups is 1. The maximum Gasteiger partial charge on any atom is 0.387 e. The number of hydrogen-bond acceptors (Lipinski definition) is 5. The van der Waals surface area contributed by atoms with Gasteiger partial charge in [-0.3, -0.25) is 5.01 Å². The van der Waals surface area contributed by atoms with Crippen LogP contribution in [0.25, 0.3) is 0 Å². The van der Waals surface area contributed by atoms with Crippen molar-refractivity contribution in [2.75, 3.05) is 12.1 Å². The number of carbonyl (C=O) groups is 1. The van der Waals surface area contributed by atoms with E-state index in [1.54, 1.807) is 31.1 Å². The first-order valence-corrected chi connectivity index (χ1v) is 5.30. The molecule has 1 aromatic rings. The average Bonchev–Trinajstić information content (AvgIpc) is 2.61. The molecule has 0 spiro atoms. The summed E-state index contributed by atoms with van der Waals surface area (Å²) < 4.78 is 0. The van der Waals surface area contributed by atoms with E-state index in [1.165, 1.54) is 0 Å². The van der Waals surface area contributed by atoms with E-state index in [0.717, 1.165) is 5.69 Å². The summed E-state index contributed by atoms with van der Waals surface area (Å²) in [5.74, 6) is -0.545. The Morgan fingerprint density at radius 2 is 2.24 bits per heavy atom. The normalized spacial score (nSPS) is 17.0. The van der Waals surface area contributed by atoms with Crippen LogP contribution >= 0.6 is 11.6 Å². The standard InChI is InChI=1S/C11H10ClN3O2/c1-7-10(11(16)17-14-7)13-15(2)9-5-3-4-8(12)6-9/h3-6H,1-2H3/b13-10+. The highest BCUT2D eigenvalue weighted by Gasteiger charge is 2.25. The van der Waals surface area contributed by atoms with Gasteiger partial charge in [-0.25, -0.2) is 4.79 Å². The topological polar surface area (TPSA) is 54.3 Å². The van der Waals surface area contributed by atoms with Crippen molar-refractivity contribution in [3.8, 4) is 0 Å². The van der Waals surface area contributed by atoms with Crippen molar-refractivity contribution < 1.29 is 9.63 Å². The van der Waals surface area contributed by atoms with Crippen molar-refractivity contribution in [3.63, 3.8) is 0 Å². The molecule has 0 unspecified atom stereocenters. The molecule has 1 aliphatic heterocycles. The molecule has 0 saturated heterocycles. The van der Waals surface area contributed by atoms with Gasteiger partial charge in [-0.05, 0) is 25.1 Å². The molecule has 88 valence electrons. The molecule has 0 N–H and O–H groups in total. The minimum atomic E-state index is -0.545. The van der Waals surface area contributed by atoms with Crippen LogP contribution in [0, 0.1) is 0 Å². The Balaban J connectivity index is 2.27. The number of carbonyl (C=O) groups excluding carboxylic acids is 1. The largest absolute Gasteiger partial charge is 0.387 e. The van der Waals surface area contributed by atoms with Crippen molar-refractivity contribution in [2.24, 2.45) is 10.3 Å². The van der Waals surface area contributed by atoms with E-state index in [4.69, 9.17) is 11.6 Å². The molecule has 0 aromatic heterocycles. The van der Waals surface area contributed by atoms with Crippen molar-refractivity contribution in [3.05, 3.63) is 29.3 Å². The first kappa shape index (κ1) is 11.6. The minimum Gasteiger partial charge on any atom is -0.311 e. The zero-order valence-electron chi connectivity index (χ0n) is 9.35. The summed E-state index contributed by atoms with van der Waals surface area (Å²) in [5.41, 5.74) is 1.44. The molecule has 0 bridgehead atoms. The summed E-state index contributed by atoms with van der Waals surface area (Å²) >= 11 is 5.87. The maximum absolute atomic E-state index is 11.3. The fourth-order valence-electron chi connectivity index (χ4n) is 1.34. The molecule has 2 rings (SSSR count). The van der Waals surface area contributed by atoms with Gasteiger partial charge >= 0.3 is 5.97 Å². The van der Waals surface area contributed by atoms with Crippen LogP contribution in [0.2, 0.25) is 5.02 Å². The van der Waals surface area contributed by atoms with E-state index in [9.17, 15) is 4.79 Å². The lowest BCUT2D eigenvalue weighted by molar-refractivity contribution is -0.134. The number of halogens is 1. The first-order chi connectivity index (χ1) is 8.08.